The fraction of sp³-hybridized carbons (Fsp3) is 0.190. The first-order valence-electron chi connectivity index (χ1n) is 8.94. The summed E-state index contributed by atoms with van der Waals surface area (Å²) >= 11 is 7.72. The number of rotatable bonds is 7. The molecule has 0 bridgehead atoms. The van der Waals surface area contributed by atoms with Gasteiger partial charge in [-0.15, -0.1) is 11.3 Å². The topological polar surface area (TPSA) is 89.0 Å². The standard InChI is InChI=1S/C21H20ClN3O4S/c1-12(15-11-30-20-14(15)5-4-6-16(20)22)24-25-19(26)10-23-21(27)13-7-8-17(28-2)18(9-13)29-3/h4-9,11H,10H2,1-3H3,(H,23,27)(H,25,26). The molecule has 3 aromatic rings. The van der Waals surface area contributed by atoms with Gasteiger partial charge in [-0.1, -0.05) is 23.7 Å². The first-order chi connectivity index (χ1) is 14.4. The van der Waals surface area contributed by atoms with Crippen molar-refractivity contribution in [2.24, 2.45) is 5.10 Å². The van der Waals surface area contributed by atoms with Crippen molar-refractivity contribution < 1.29 is 19.1 Å². The number of ether oxygens (including phenoxy) is 2. The number of hydrogen-bond acceptors (Lipinski definition) is 6. The zero-order chi connectivity index (χ0) is 21.7. The molecule has 0 saturated carbocycles. The number of nitrogens with one attached hydrogen (secondary N) is 2. The third-order valence-electron chi connectivity index (χ3n) is 4.35. The van der Waals surface area contributed by atoms with Gasteiger partial charge < -0.3 is 14.8 Å². The lowest BCUT2D eigenvalue weighted by molar-refractivity contribution is -0.120. The number of methoxy groups -OCH3 is 2. The molecule has 2 aromatic carbocycles. The van der Waals surface area contributed by atoms with E-state index in [-0.39, 0.29) is 6.54 Å². The van der Waals surface area contributed by atoms with Gasteiger partial charge in [0.05, 0.1) is 36.2 Å². The lowest BCUT2D eigenvalue weighted by Gasteiger charge is -2.09. The molecule has 9 heteroatoms. The highest BCUT2D eigenvalue weighted by molar-refractivity contribution is 7.18. The molecule has 0 radical (unpaired) electrons. The molecule has 1 heterocycles. The van der Waals surface area contributed by atoms with E-state index in [1.807, 2.05) is 23.6 Å². The van der Waals surface area contributed by atoms with Crippen molar-refractivity contribution in [1.29, 1.82) is 0 Å². The number of fused-ring (bicyclic) bond motifs is 1. The molecule has 2 amide bonds. The maximum absolute atomic E-state index is 12.3. The van der Waals surface area contributed by atoms with Crippen molar-refractivity contribution in [1.82, 2.24) is 10.7 Å². The molecule has 0 aliphatic rings. The molecule has 7 nitrogen and oxygen atoms in total. The molecule has 3 rings (SSSR count). The van der Waals surface area contributed by atoms with E-state index in [9.17, 15) is 9.59 Å². The Labute approximate surface area is 182 Å². The fourth-order valence-corrected chi connectivity index (χ4v) is 4.12. The van der Waals surface area contributed by atoms with E-state index in [1.165, 1.54) is 25.6 Å². The van der Waals surface area contributed by atoms with E-state index < -0.39 is 11.8 Å². The lowest BCUT2D eigenvalue weighted by atomic mass is 10.1. The van der Waals surface area contributed by atoms with Gasteiger partial charge in [-0.25, -0.2) is 5.43 Å². The van der Waals surface area contributed by atoms with Crippen molar-refractivity contribution in [3.8, 4) is 11.5 Å². The number of thiophene rings is 1. The Bertz CT molecular complexity index is 1130. The van der Waals surface area contributed by atoms with Crippen LogP contribution in [0.1, 0.15) is 22.8 Å². The molecule has 0 aliphatic heterocycles. The lowest BCUT2D eigenvalue weighted by Crippen LogP contribution is -2.35. The van der Waals surface area contributed by atoms with Gasteiger partial charge in [0.15, 0.2) is 11.5 Å². The van der Waals surface area contributed by atoms with Crippen LogP contribution in [0.5, 0.6) is 11.5 Å². The third-order valence-corrected chi connectivity index (χ3v) is 5.80. The van der Waals surface area contributed by atoms with Crippen LogP contribution in [0, 0.1) is 0 Å². The summed E-state index contributed by atoms with van der Waals surface area (Å²) in [6, 6.07) is 10.4. The molecule has 0 fully saturated rings. The summed E-state index contributed by atoms with van der Waals surface area (Å²) in [5.41, 5.74) is 4.35. The van der Waals surface area contributed by atoms with Crippen molar-refractivity contribution in [2.45, 2.75) is 6.92 Å². The molecule has 156 valence electrons. The molecule has 0 unspecified atom stereocenters. The number of amides is 2. The number of halogens is 1. The summed E-state index contributed by atoms with van der Waals surface area (Å²) in [6.07, 6.45) is 0. The first kappa shape index (κ1) is 21.6. The molecular weight excluding hydrogens is 426 g/mol. The number of carbonyl (C=O) groups excluding carboxylic acids is 2. The summed E-state index contributed by atoms with van der Waals surface area (Å²) in [5, 5.41) is 10.3. The molecule has 2 N–H and O–H groups in total. The van der Waals surface area contributed by atoms with Gasteiger partial charge in [0.1, 0.15) is 0 Å². The monoisotopic (exact) mass is 445 g/mol. The Kier molecular flexibility index (Phi) is 6.91. The molecule has 0 spiro atoms. The van der Waals surface area contributed by atoms with E-state index in [0.29, 0.717) is 27.8 Å². The van der Waals surface area contributed by atoms with Crippen LogP contribution in [0.4, 0.5) is 0 Å². The van der Waals surface area contributed by atoms with Crippen LogP contribution in [0.25, 0.3) is 10.1 Å². The fourth-order valence-electron chi connectivity index (χ4n) is 2.79. The predicted molar refractivity (Wildman–Crippen MR) is 119 cm³/mol. The van der Waals surface area contributed by atoms with Crippen LogP contribution in [0.2, 0.25) is 5.02 Å². The minimum atomic E-state index is -0.444. The van der Waals surface area contributed by atoms with Crippen LogP contribution >= 0.6 is 22.9 Å². The Morgan fingerprint density at radius 3 is 2.63 bits per heavy atom. The number of hydrazone groups is 1. The summed E-state index contributed by atoms with van der Waals surface area (Å²) in [4.78, 5) is 24.4. The van der Waals surface area contributed by atoms with Gasteiger partial charge in [0.2, 0.25) is 0 Å². The molecule has 0 atom stereocenters. The quantitative estimate of drug-likeness (QED) is 0.427. The van der Waals surface area contributed by atoms with E-state index in [0.717, 1.165) is 15.6 Å². The molecule has 30 heavy (non-hydrogen) atoms. The summed E-state index contributed by atoms with van der Waals surface area (Å²) in [5.74, 6) is 0.0859. The van der Waals surface area contributed by atoms with E-state index in [1.54, 1.807) is 25.1 Å². The minimum absolute atomic E-state index is 0.222. The van der Waals surface area contributed by atoms with Gasteiger partial charge >= 0.3 is 0 Å². The average molecular weight is 446 g/mol. The van der Waals surface area contributed by atoms with Crippen molar-refractivity contribution in [2.75, 3.05) is 20.8 Å². The van der Waals surface area contributed by atoms with Gasteiger partial charge in [-0.3, -0.25) is 9.59 Å². The first-order valence-corrected chi connectivity index (χ1v) is 10.2. The van der Waals surface area contributed by atoms with Gasteiger partial charge in [-0.05, 0) is 31.2 Å². The summed E-state index contributed by atoms with van der Waals surface area (Å²) in [7, 11) is 3.00. The van der Waals surface area contributed by atoms with Crippen LogP contribution < -0.4 is 20.2 Å². The smallest absolute Gasteiger partial charge is 0.259 e. The van der Waals surface area contributed by atoms with E-state index in [4.69, 9.17) is 21.1 Å². The Morgan fingerprint density at radius 2 is 1.90 bits per heavy atom. The molecule has 0 aliphatic carbocycles. The second kappa shape index (κ2) is 9.60. The number of hydrogen-bond donors (Lipinski definition) is 2. The third kappa shape index (κ3) is 4.72. The highest BCUT2D eigenvalue weighted by Gasteiger charge is 2.13. The molecule has 1 aromatic heterocycles. The zero-order valence-electron chi connectivity index (χ0n) is 16.6. The van der Waals surface area contributed by atoms with Crippen LogP contribution in [0.3, 0.4) is 0 Å². The van der Waals surface area contributed by atoms with E-state index in [2.05, 4.69) is 15.8 Å². The maximum Gasteiger partial charge on any atom is 0.259 e. The van der Waals surface area contributed by atoms with Crippen molar-refractivity contribution in [3.05, 3.63) is 57.9 Å². The second-order valence-electron chi connectivity index (χ2n) is 6.25. The predicted octanol–water partition coefficient (Wildman–Crippen LogP) is 3.84. The molecule has 0 saturated heterocycles. The number of nitrogens with zero attached hydrogens (tertiary/aromatic N) is 1. The van der Waals surface area contributed by atoms with Crippen LogP contribution in [-0.2, 0) is 4.79 Å². The van der Waals surface area contributed by atoms with Crippen molar-refractivity contribution in [3.63, 3.8) is 0 Å². The minimum Gasteiger partial charge on any atom is -0.493 e. The van der Waals surface area contributed by atoms with Crippen molar-refractivity contribution >= 4 is 50.5 Å². The molecular formula is C21H20ClN3O4S. The van der Waals surface area contributed by atoms with Gasteiger partial charge in [0.25, 0.3) is 11.8 Å². The number of carbonyl (C=O) groups is 2. The van der Waals surface area contributed by atoms with Crippen LogP contribution in [0.15, 0.2) is 46.9 Å². The summed E-state index contributed by atoms with van der Waals surface area (Å²) in [6.45, 7) is 1.57. The Balaban J connectivity index is 1.60. The average Bonchev–Trinajstić information content (AvgIpc) is 3.20. The summed E-state index contributed by atoms with van der Waals surface area (Å²) < 4.78 is 11.3. The second-order valence-corrected chi connectivity index (χ2v) is 7.54. The highest BCUT2D eigenvalue weighted by atomic mass is 35.5. The Hall–Kier alpha value is -3.10. The van der Waals surface area contributed by atoms with Gasteiger partial charge in [-0.2, -0.15) is 5.10 Å². The maximum atomic E-state index is 12.3. The van der Waals surface area contributed by atoms with E-state index >= 15 is 0 Å². The largest absolute Gasteiger partial charge is 0.493 e. The van der Waals surface area contributed by atoms with Gasteiger partial charge in [0, 0.05) is 21.9 Å². The number of benzene rings is 2. The highest BCUT2D eigenvalue weighted by Crippen LogP contribution is 2.32. The SMILES string of the molecule is COc1ccc(C(=O)NCC(=O)NN=C(C)c2csc3c(Cl)cccc23)cc1OC. The normalized spacial score (nSPS) is 11.3. The van der Waals surface area contributed by atoms with Crippen LogP contribution in [-0.4, -0.2) is 38.3 Å². The Morgan fingerprint density at radius 1 is 1.13 bits per heavy atom. The zero-order valence-corrected chi connectivity index (χ0v) is 18.2.